The summed E-state index contributed by atoms with van der Waals surface area (Å²) in [6.45, 7) is 7.04. The number of hydrogen-bond donors (Lipinski definition) is 1. The average Bonchev–Trinajstić information content (AvgIpc) is 2.73. The Morgan fingerprint density at radius 3 is 2.76 bits per heavy atom. The molecule has 0 aliphatic carbocycles. The molecule has 0 aliphatic heterocycles. The number of fused-ring (bicyclic) bond motifs is 1. The first-order chi connectivity index (χ1) is 10.1. The molecule has 0 atom stereocenters. The van der Waals surface area contributed by atoms with E-state index in [-0.39, 0.29) is 0 Å². The number of nitrogens with zero attached hydrogens (tertiary/aromatic N) is 2. The zero-order valence-electron chi connectivity index (χ0n) is 12.4. The van der Waals surface area contributed by atoms with E-state index in [1.165, 1.54) is 16.8 Å². The fourth-order valence-corrected chi connectivity index (χ4v) is 3.50. The van der Waals surface area contributed by atoms with E-state index in [0.29, 0.717) is 0 Å². The predicted octanol–water partition coefficient (Wildman–Crippen LogP) is 4.63. The number of rotatable bonds is 3. The lowest BCUT2D eigenvalue weighted by Gasteiger charge is -2.13. The highest BCUT2D eigenvalue weighted by molar-refractivity contribution is 9.10. The minimum atomic E-state index is 0.750. The Kier molecular flexibility index (Phi) is 3.72. The van der Waals surface area contributed by atoms with Crippen molar-refractivity contribution in [2.24, 2.45) is 0 Å². The van der Waals surface area contributed by atoms with Gasteiger partial charge in [-0.3, -0.25) is 0 Å². The molecule has 0 amide bonds. The summed E-state index contributed by atoms with van der Waals surface area (Å²) in [7, 11) is 0. The maximum Gasteiger partial charge on any atom is 0.137 e. The van der Waals surface area contributed by atoms with Gasteiger partial charge in [0, 0.05) is 10.7 Å². The summed E-state index contributed by atoms with van der Waals surface area (Å²) in [5.74, 6) is 0. The fourth-order valence-electron chi connectivity index (χ4n) is 2.69. The van der Waals surface area contributed by atoms with Crippen LogP contribution in [0.3, 0.4) is 0 Å². The largest absolute Gasteiger partial charge is 0.378 e. The van der Waals surface area contributed by atoms with Gasteiger partial charge in [0.15, 0.2) is 0 Å². The highest BCUT2D eigenvalue weighted by atomic mass is 79.9. The average molecular weight is 344 g/mol. The van der Waals surface area contributed by atoms with Crippen molar-refractivity contribution in [3.8, 4) is 0 Å². The lowest BCUT2D eigenvalue weighted by Crippen LogP contribution is -2.06. The van der Waals surface area contributed by atoms with Gasteiger partial charge >= 0.3 is 0 Å². The van der Waals surface area contributed by atoms with Crippen molar-refractivity contribution in [1.82, 2.24) is 9.38 Å². The highest BCUT2D eigenvalue weighted by Gasteiger charge is 2.10. The van der Waals surface area contributed by atoms with Gasteiger partial charge < -0.3 is 9.72 Å². The van der Waals surface area contributed by atoms with Gasteiger partial charge in [-0.1, -0.05) is 12.1 Å². The van der Waals surface area contributed by atoms with E-state index in [1.54, 1.807) is 0 Å². The zero-order valence-corrected chi connectivity index (χ0v) is 14.0. The molecular weight excluding hydrogens is 326 g/mol. The van der Waals surface area contributed by atoms with Crippen LogP contribution in [0.25, 0.3) is 5.65 Å². The first-order valence-electron chi connectivity index (χ1n) is 6.99. The maximum absolute atomic E-state index is 4.60. The Morgan fingerprint density at radius 2 is 2.00 bits per heavy atom. The minimum absolute atomic E-state index is 0.750. The monoisotopic (exact) mass is 343 g/mol. The van der Waals surface area contributed by atoms with Crippen molar-refractivity contribution in [2.45, 2.75) is 27.3 Å². The molecule has 3 rings (SSSR count). The van der Waals surface area contributed by atoms with Gasteiger partial charge in [0.1, 0.15) is 5.65 Å². The minimum Gasteiger partial charge on any atom is -0.378 e. The number of pyridine rings is 1. The Balaban J connectivity index is 1.92. The van der Waals surface area contributed by atoms with Crippen LogP contribution in [0.5, 0.6) is 0 Å². The molecule has 2 heterocycles. The third-order valence-corrected chi connectivity index (χ3v) is 4.32. The van der Waals surface area contributed by atoms with E-state index in [0.717, 1.165) is 28.0 Å². The van der Waals surface area contributed by atoms with Gasteiger partial charge in [-0.25, -0.2) is 4.98 Å². The second-order valence-electron chi connectivity index (χ2n) is 5.36. The van der Waals surface area contributed by atoms with Crippen LogP contribution in [0.2, 0.25) is 0 Å². The summed E-state index contributed by atoms with van der Waals surface area (Å²) in [5.41, 5.74) is 6.90. The van der Waals surface area contributed by atoms with Crippen LogP contribution in [0, 0.1) is 20.8 Å². The summed E-state index contributed by atoms with van der Waals surface area (Å²) in [6.07, 6.45) is 2.06. The van der Waals surface area contributed by atoms with E-state index in [4.69, 9.17) is 0 Å². The number of halogens is 1. The van der Waals surface area contributed by atoms with Crippen molar-refractivity contribution < 1.29 is 0 Å². The molecule has 21 heavy (non-hydrogen) atoms. The zero-order chi connectivity index (χ0) is 15.0. The molecule has 0 unspecified atom stereocenters. The van der Waals surface area contributed by atoms with Gasteiger partial charge in [0.05, 0.1) is 23.6 Å². The van der Waals surface area contributed by atoms with Gasteiger partial charge in [-0.15, -0.1) is 0 Å². The van der Waals surface area contributed by atoms with Gasteiger partial charge in [0.25, 0.3) is 0 Å². The SMILES string of the molecule is Cc1cc(C)c(NCc2c(C)nc3ccccn23)c(Br)c1. The molecular formula is C17H18BrN3. The molecule has 0 saturated heterocycles. The van der Waals surface area contributed by atoms with E-state index in [1.807, 2.05) is 18.2 Å². The van der Waals surface area contributed by atoms with Crippen LogP contribution >= 0.6 is 15.9 Å². The van der Waals surface area contributed by atoms with E-state index >= 15 is 0 Å². The molecule has 108 valence electrons. The van der Waals surface area contributed by atoms with Gasteiger partial charge in [-0.05, 0) is 66.0 Å². The smallest absolute Gasteiger partial charge is 0.137 e. The second kappa shape index (κ2) is 5.53. The fraction of sp³-hybridized carbons (Fsp3) is 0.235. The normalized spacial score (nSPS) is 11.0. The molecule has 2 aromatic heterocycles. The summed E-state index contributed by atoms with van der Waals surface area (Å²) in [4.78, 5) is 4.60. The van der Waals surface area contributed by atoms with Crippen molar-refractivity contribution in [1.29, 1.82) is 0 Å². The number of aryl methyl sites for hydroxylation is 3. The van der Waals surface area contributed by atoms with Gasteiger partial charge in [-0.2, -0.15) is 0 Å². The number of aromatic nitrogens is 2. The van der Waals surface area contributed by atoms with E-state index in [2.05, 4.69) is 69.7 Å². The first kappa shape index (κ1) is 14.1. The lowest BCUT2D eigenvalue weighted by molar-refractivity contribution is 0.983. The molecule has 0 saturated carbocycles. The first-order valence-corrected chi connectivity index (χ1v) is 7.79. The van der Waals surface area contributed by atoms with Crippen LogP contribution < -0.4 is 5.32 Å². The molecule has 3 aromatic rings. The standard InChI is InChI=1S/C17H18BrN3/c1-11-8-12(2)17(14(18)9-11)19-10-15-13(3)20-16-6-4-5-7-21(15)16/h4-9,19H,10H2,1-3H3. The van der Waals surface area contributed by atoms with Crippen molar-refractivity contribution in [2.75, 3.05) is 5.32 Å². The molecule has 4 heteroatoms. The maximum atomic E-state index is 4.60. The molecule has 0 aliphatic rings. The number of nitrogens with one attached hydrogen (secondary N) is 1. The Morgan fingerprint density at radius 1 is 1.19 bits per heavy atom. The molecule has 0 bridgehead atoms. The predicted molar refractivity (Wildman–Crippen MR) is 90.9 cm³/mol. The lowest BCUT2D eigenvalue weighted by atomic mass is 10.1. The third-order valence-electron chi connectivity index (χ3n) is 3.69. The van der Waals surface area contributed by atoms with Crippen LogP contribution in [0.1, 0.15) is 22.5 Å². The van der Waals surface area contributed by atoms with Crippen molar-refractivity contribution in [3.63, 3.8) is 0 Å². The third kappa shape index (κ3) is 2.68. The molecule has 1 N–H and O–H groups in total. The Bertz CT molecular complexity index is 782. The summed E-state index contributed by atoms with van der Waals surface area (Å²) in [5, 5.41) is 3.54. The van der Waals surface area contributed by atoms with Crippen LogP contribution in [0.4, 0.5) is 5.69 Å². The van der Waals surface area contributed by atoms with Crippen molar-refractivity contribution in [3.05, 3.63) is 63.5 Å². The summed E-state index contributed by atoms with van der Waals surface area (Å²) < 4.78 is 3.24. The van der Waals surface area contributed by atoms with Crippen LogP contribution in [0.15, 0.2) is 41.0 Å². The molecule has 3 nitrogen and oxygen atoms in total. The Labute approximate surface area is 133 Å². The van der Waals surface area contributed by atoms with E-state index < -0.39 is 0 Å². The number of benzene rings is 1. The van der Waals surface area contributed by atoms with Crippen molar-refractivity contribution >= 4 is 27.3 Å². The second-order valence-corrected chi connectivity index (χ2v) is 6.22. The number of anilines is 1. The number of hydrogen-bond acceptors (Lipinski definition) is 2. The molecule has 1 aromatic carbocycles. The topological polar surface area (TPSA) is 29.3 Å². The van der Waals surface area contributed by atoms with Crippen LogP contribution in [-0.4, -0.2) is 9.38 Å². The molecule has 0 radical (unpaired) electrons. The Hall–Kier alpha value is -1.81. The summed E-state index contributed by atoms with van der Waals surface area (Å²) >= 11 is 3.65. The van der Waals surface area contributed by atoms with E-state index in [9.17, 15) is 0 Å². The highest BCUT2D eigenvalue weighted by Crippen LogP contribution is 2.28. The molecule has 0 spiro atoms. The number of imidazole rings is 1. The van der Waals surface area contributed by atoms with Gasteiger partial charge in [0.2, 0.25) is 0 Å². The molecule has 0 fully saturated rings. The van der Waals surface area contributed by atoms with Crippen LogP contribution in [-0.2, 0) is 6.54 Å². The summed E-state index contributed by atoms with van der Waals surface area (Å²) in [6, 6.07) is 10.4. The quantitative estimate of drug-likeness (QED) is 0.750.